The van der Waals surface area contributed by atoms with Crippen LogP contribution in [-0.2, 0) is 0 Å². The van der Waals surface area contributed by atoms with Gasteiger partial charge in [0.05, 0.1) is 19.0 Å². The summed E-state index contributed by atoms with van der Waals surface area (Å²) in [4.78, 5) is 12.3. The molecule has 0 atom stereocenters. The van der Waals surface area contributed by atoms with Gasteiger partial charge in [0.25, 0.3) is 5.56 Å². The first-order valence-corrected chi connectivity index (χ1v) is 6.70. The van der Waals surface area contributed by atoms with Gasteiger partial charge in [-0.15, -0.1) is 10.2 Å². The Hall–Kier alpha value is -3.15. The first kappa shape index (κ1) is 13.8. The summed E-state index contributed by atoms with van der Waals surface area (Å²) in [5.41, 5.74) is 1.28. The highest BCUT2D eigenvalue weighted by molar-refractivity contribution is 5.51. The van der Waals surface area contributed by atoms with Crippen LogP contribution in [0, 0.1) is 0 Å². The number of azo groups is 1. The Morgan fingerprint density at radius 1 is 0.955 bits per heavy atom. The van der Waals surface area contributed by atoms with Gasteiger partial charge in [0.2, 0.25) is 0 Å². The number of para-hydroxylation sites is 2. The molecule has 1 heterocycles. The first-order chi connectivity index (χ1) is 10.8. The average Bonchev–Trinajstić information content (AvgIpc) is 2.95. The van der Waals surface area contributed by atoms with Gasteiger partial charge >= 0.3 is 0 Å². The highest BCUT2D eigenvalue weighted by atomic mass is 16.5. The molecule has 2 aromatic carbocycles. The molecule has 0 radical (unpaired) electrons. The fourth-order valence-corrected chi connectivity index (χ4v) is 2.02. The normalized spacial score (nSPS) is 11.0. The number of rotatable bonds is 4. The van der Waals surface area contributed by atoms with E-state index in [2.05, 4.69) is 15.3 Å². The Balaban J connectivity index is 1.93. The summed E-state index contributed by atoms with van der Waals surface area (Å²) in [6, 6.07) is 16.5. The molecule has 0 aliphatic rings. The number of hydrogen-bond donors (Lipinski definition) is 1. The molecule has 0 spiro atoms. The predicted molar refractivity (Wildman–Crippen MR) is 83.6 cm³/mol. The minimum atomic E-state index is -0.259. The Morgan fingerprint density at radius 3 is 2.41 bits per heavy atom. The van der Waals surface area contributed by atoms with Gasteiger partial charge in [-0.05, 0) is 24.3 Å². The van der Waals surface area contributed by atoms with E-state index in [4.69, 9.17) is 4.74 Å². The van der Waals surface area contributed by atoms with Gasteiger partial charge in [0, 0.05) is 0 Å². The van der Waals surface area contributed by atoms with E-state index < -0.39 is 0 Å². The molecule has 3 rings (SSSR count). The topological polar surface area (TPSA) is 71.7 Å². The molecular formula is C16H14N4O2. The third-order valence-electron chi connectivity index (χ3n) is 3.12. The maximum absolute atomic E-state index is 12.3. The SMILES string of the molecule is COc1ccccc1N=Nc1c[nH]n(-c2ccccc2)c1=O. The fourth-order valence-electron chi connectivity index (χ4n) is 2.02. The van der Waals surface area contributed by atoms with Crippen LogP contribution >= 0.6 is 0 Å². The lowest BCUT2D eigenvalue weighted by molar-refractivity contribution is 0.416. The summed E-state index contributed by atoms with van der Waals surface area (Å²) in [7, 11) is 1.56. The zero-order valence-corrected chi connectivity index (χ0v) is 11.9. The first-order valence-electron chi connectivity index (χ1n) is 6.70. The van der Waals surface area contributed by atoms with E-state index in [1.807, 2.05) is 42.5 Å². The van der Waals surface area contributed by atoms with Crippen molar-refractivity contribution in [3.8, 4) is 11.4 Å². The Kier molecular flexibility index (Phi) is 3.82. The molecule has 110 valence electrons. The van der Waals surface area contributed by atoms with Crippen molar-refractivity contribution in [1.82, 2.24) is 9.78 Å². The zero-order chi connectivity index (χ0) is 15.4. The van der Waals surface area contributed by atoms with Crippen molar-refractivity contribution in [2.45, 2.75) is 0 Å². The largest absolute Gasteiger partial charge is 0.494 e. The van der Waals surface area contributed by atoms with Gasteiger partial charge < -0.3 is 4.74 Å². The van der Waals surface area contributed by atoms with Crippen LogP contribution in [0.1, 0.15) is 0 Å². The van der Waals surface area contributed by atoms with Crippen molar-refractivity contribution in [3.05, 3.63) is 71.1 Å². The summed E-state index contributed by atoms with van der Waals surface area (Å²) in [5, 5.41) is 11.0. The second kappa shape index (κ2) is 6.09. The summed E-state index contributed by atoms with van der Waals surface area (Å²) < 4.78 is 6.61. The zero-order valence-electron chi connectivity index (χ0n) is 11.9. The van der Waals surface area contributed by atoms with Crippen molar-refractivity contribution in [1.29, 1.82) is 0 Å². The Morgan fingerprint density at radius 2 is 1.64 bits per heavy atom. The van der Waals surface area contributed by atoms with E-state index >= 15 is 0 Å². The van der Waals surface area contributed by atoms with Crippen LogP contribution in [0.25, 0.3) is 5.69 Å². The monoisotopic (exact) mass is 294 g/mol. The van der Waals surface area contributed by atoms with E-state index in [9.17, 15) is 4.79 Å². The predicted octanol–water partition coefficient (Wildman–Crippen LogP) is 3.59. The lowest BCUT2D eigenvalue weighted by atomic mass is 10.3. The van der Waals surface area contributed by atoms with E-state index in [-0.39, 0.29) is 11.2 Å². The van der Waals surface area contributed by atoms with E-state index in [1.54, 1.807) is 19.2 Å². The average molecular weight is 294 g/mol. The van der Waals surface area contributed by atoms with Crippen LogP contribution in [0.3, 0.4) is 0 Å². The molecule has 0 bridgehead atoms. The molecule has 3 aromatic rings. The quantitative estimate of drug-likeness (QED) is 0.747. The molecule has 0 saturated heterocycles. The van der Waals surface area contributed by atoms with Gasteiger partial charge in [-0.1, -0.05) is 30.3 Å². The minimum absolute atomic E-state index is 0.231. The summed E-state index contributed by atoms with van der Waals surface area (Å²) in [6.07, 6.45) is 1.52. The Bertz CT molecular complexity index is 850. The summed E-state index contributed by atoms with van der Waals surface area (Å²) >= 11 is 0. The number of hydrogen-bond acceptors (Lipinski definition) is 4. The van der Waals surface area contributed by atoms with Crippen molar-refractivity contribution in [2.75, 3.05) is 7.11 Å². The number of nitrogens with one attached hydrogen (secondary N) is 1. The molecule has 6 nitrogen and oxygen atoms in total. The molecule has 6 heteroatoms. The molecule has 1 N–H and O–H groups in total. The van der Waals surface area contributed by atoms with Gasteiger partial charge in [-0.2, -0.15) is 0 Å². The number of H-pyrrole nitrogens is 1. The van der Waals surface area contributed by atoms with E-state index in [0.29, 0.717) is 11.4 Å². The maximum atomic E-state index is 12.3. The van der Waals surface area contributed by atoms with Crippen LogP contribution in [0.2, 0.25) is 0 Å². The smallest absolute Gasteiger partial charge is 0.298 e. The number of methoxy groups -OCH3 is 1. The number of aromatic amines is 1. The number of benzene rings is 2. The van der Waals surface area contributed by atoms with Gasteiger partial charge in [-0.3, -0.25) is 9.89 Å². The minimum Gasteiger partial charge on any atom is -0.494 e. The van der Waals surface area contributed by atoms with Crippen molar-refractivity contribution < 1.29 is 4.74 Å². The van der Waals surface area contributed by atoms with Gasteiger partial charge in [-0.25, -0.2) is 4.68 Å². The molecule has 0 unspecified atom stereocenters. The standard InChI is InChI=1S/C16H14N4O2/c1-22-15-10-6-5-9-13(15)18-19-14-11-17-20(16(14)21)12-7-3-2-4-8-12/h2-11,17H,1H3. The van der Waals surface area contributed by atoms with Crippen LogP contribution in [0.5, 0.6) is 5.75 Å². The number of aromatic nitrogens is 2. The molecule has 0 amide bonds. The highest BCUT2D eigenvalue weighted by Gasteiger charge is 2.07. The van der Waals surface area contributed by atoms with Gasteiger partial charge in [0.1, 0.15) is 11.4 Å². The molecular weight excluding hydrogens is 280 g/mol. The second-order valence-corrected chi connectivity index (χ2v) is 4.51. The lowest BCUT2D eigenvalue weighted by Crippen LogP contribution is -2.13. The Labute approximate surface area is 126 Å². The van der Waals surface area contributed by atoms with Crippen LogP contribution in [0.15, 0.2) is 75.8 Å². The molecule has 0 aliphatic heterocycles. The molecule has 1 aromatic heterocycles. The fraction of sp³-hybridized carbons (Fsp3) is 0.0625. The molecule has 0 saturated carbocycles. The molecule has 0 aliphatic carbocycles. The van der Waals surface area contributed by atoms with E-state index in [0.717, 1.165) is 5.69 Å². The van der Waals surface area contributed by atoms with Crippen LogP contribution in [-0.4, -0.2) is 16.9 Å². The van der Waals surface area contributed by atoms with Crippen LogP contribution < -0.4 is 10.3 Å². The summed E-state index contributed by atoms with van der Waals surface area (Å²) in [6.45, 7) is 0. The van der Waals surface area contributed by atoms with Crippen molar-refractivity contribution in [2.24, 2.45) is 10.2 Å². The third kappa shape index (κ3) is 2.67. The molecule has 0 fully saturated rings. The maximum Gasteiger partial charge on any atom is 0.298 e. The van der Waals surface area contributed by atoms with Gasteiger partial charge in [0.15, 0.2) is 5.69 Å². The summed E-state index contributed by atoms with van der Waals surface area (Å²) in [5.74, 6) is 0.602. The second-order valence-electron chi connectivity index (χ2n) is 4.51. The van der Waals surface area contributed by atoms with Crippen molar-refractivity contribution in [3.63, 3.8) is 0 Å². The van der Waals surface area contributed by atoms with Crippen molar-refractivity contribution >= 4 is 11.4 Å². The third-order valence-corrected chi connectivity index (χ3v) is 3.12. The van der Waals surface area contributed by atoms with Crippen LogP contribution in [0.4, 0.5) is 11.4 Å². The highest BCUT2D eigenvalue weighted by Crippen LogP contribution is 2.27. The number of nitrogens with zero attached hydrogens (tertiary/aromatic N) is 3. The molecule has 22 heavy (non-hydrogen) atoms. The number of ether oxygens (including phenoxy) is 1. The van der Waals surface area contributed by atoms with E-state index in [1.165, 1.54) is 10.9 Å². The lowest BCUT2D eigenvalue weighted by Gasteiger charge is -2.01.